The maximum atomic E-state index is 13.6. The molecule has 0 spiro atoms. The molecule has 0 amide bonds. The summed E-state index contributed by atoms with van der Waals surface area (Å²) in [6, 6.07) is 8.47. The molecular formula is C36H45F2N5. The van der Waals surface area contributed by atoms with E-state index in [4.69, 9.17) is 4.98 Å². The molecule has 0 bridgehead atoms. The Hall–Kier alpha value is -4.10. The van der Waals surface area contributed by atoms with Crippen LogP contribution in [0.4, 0.5) is 8.78 Å². The first kappa shape index (κ1) is 33.4. The van der Waals surface area contributed by atoms with E-state index >= 15 is 0 Å². The number of hydrogen-bond donors (Lipinski definition) is 3. The maximum absolute atomic E-state index is 13.6. The van der Waals surface area contributed by atoms with Gasteiger partial charge < -0.3 is 15.6 Å². The zero-order valence-electron chi connectivity index (χ0n) is 25.9. The van der Waals surface area contributed by atoms with Gasteiger partial charge in [-0.15, -0.1) is 0 Å². The van der Waals surface area contributed by atoms with Crippen LogP contribution in [0.25, 0.3) is 27.9 Å². The number of halogens is 2. The van der Waals surface area contributed by atoms with Crippen LogP contribution in [-0.2, 0) is 6.42 Å². The molecule has 3 heterocycles. The molecule has 3 aromatic rings. The molecule has 7 heteroatoms. The number of fused-ring (bicyclic) bond motifs is 1. The zero-order valence-corrected chi connectivity index (χ0v) is 25.9. The number of rotatable bonds is 17. The number of allylic oxidation sites excluding steroid dienone is 9. The fourth-order valence-corrected chi connectivity index (χ4v) is 4.52. The van der Waals surface area contributed by atoms with Crippen LogP contribution >= 0.6 is 0 Å². The van der Waals surface area contributed by atoms with Crippen molar-refractivity contribution in [1.82, 2.24) is 25.6 Å². The van der Waals surface area contributed by atoms with Gasteiger partial charge in [-0.25, -0.2) is 13.8 Å². The van der Waals surface area contributed by atoms with Gasteiger partial charge in [0.1, 0.15) is 5.65 Å². The van der Waals surface area contributed by atoms with Gasteiger partial charge in [-0.1, -0.05) is 44.4 Å². The number of nitrogens with one attached hydrogen (secondary N) is 3. The van der Waals surface area contributed by atoms with Gasteiger partial charge in [0.2, 0.25) is 0 Å². The summed E-state index contributed by atoms with van der Waals surface area (Å²) in [5.74, 6) is -2.98. The molecule has 3 N–H and O–H groups in total. The van der Waals surface area contributed by atoms with Crippen molar-refractivity contribution in [1.29, 1.82) is 0 Å². The summed E-state index contributed by atoms with van der Waals surface area (Å²) in [6.07, 6.45) is 19.4. The fourth-order valence-electron chi connectivity index (χ4n) is 4.52. The predicted octanol–water partition coefficient (Wildman–Crippen LogP) is 9.07. The lowest BCUT2D eigenvalue weighted by Crippen LogP contribution is -2.16. The van der Waals surface area contributed by atoms with Gasteiger partial charge in [-0.3, -0.25) is 4.98 Å². The Balaban J connectivity index is 1.62. The molecule has 0 fully saturated rings. The van der Waals surface area contributed by atoms with Gasteiger partial charge >= 0.3 is 0 Å². The smallest absolute Gasteiger partial charge is 0.270 e. The lowest BCUT2D eigenvalue weighted by atomic mass is 10.0. The molecule has 0 saturated heterocycles. The van der Waals surface area contributed by atoms with E-state index in [1.807, 2.05) is 32.3 Å². The number of aromatic amines is 1. The first-order valence-corrected chi connectivity index (χ1v) is 15.0. The van der Waals surface area contributed by atoms with Gasteiger partial charge in [0, 0.05) is 64.2 Å². The number of aryl methyl sites for hydroxylation is 1. The molecule has 0 aliphatic carbocycles. The van der Waals surface area contributed by atoms with Gasteiger partial charge in [-0.2, -0.15) is 0 Å². The molecule has 5 nitrogen and oxygen atoms in total. The Morgan fingerprint density at radius 2 is 1.91 bits per heavy atom. The number of hydrogen-bond acceptors (Lipinski definition) is 4. The molecule has 0 radical (unpaired) electrons. The minimum absolute atomic E-state index is 0.255. The topological polar surface area (TPSA) is 65.6 Å². The molecule has 0 aliphatic heterocycles. The van der Waals surface area contributed by atoms with E-state index in [-0.39, 0.29) is 5.57 Å². The van der Waals surface area contributed by atoms with E-state index < -0.39 is 5.92 Å². The number of alkyl halides is 2. The molecule has 0 unspecified atom stereocenters. The highest BCUT2D eigenvalue weighted by molar-refractivity contribution is 5.87. The summed E-state index contributed by atoms with van der Waals surface area (Å²) in [5, 5.41) is 7.62. The van der Waals surface area contributed by atoms with Crippen molar-refractivity contribution in [2.75, 3.05) is 13.1 Å². The third kappa shape index (κ3) is 10.6. The van der Waals surface area contributed by atoms with Crippen molar-refractivity contribution in [3.05, 3.63) is 114 Å². The largest absolute Gasteiger partial charge is 0.359 e. The van der Waals surface area contributed by atoms with Gasteiger partial charge in [0.05, 0.1) is 0 Å². The minimum Gasteiger partial charge on any atom is -0.359 e. The Bertz CT molecular complexity index is 1500. The summed E-state index contributed by atoms with van der Waals surface area (Å²) < 4.78 is 27.1. The Kier molecular flexibility index (Phi) is 12.8. The van der Waals surface area contributed by atoms with Crippen LogP contribution < -0.4 is 10.6 Å². The average molecular weight is 586 g/mol. The summed E-state index contributed by atoms with van der Waals surface area (Å²) in [5.41, 5.74) is 7.16. The highest BCUT2D eigenvalue weighted by Gasteiger charge is 2.24. The molecule has 0 saturated carbocycles. The molecule has 0 aromatic carbocycles. The van der Waals surface area contributed by atoms with E-state index in [9.17, 15) is 8.78 Å². The standard InChI is InChI=1S/C36H45F2N5/c1-7-13-33(21-26(4)36(6,37)38)42-27(5)14-10-11-15-28(9-3)31-22-30-24-34(43-35(30)41-25-31)29-17-20-40-32(23-29)16-12-19-39-18-8-2/h7,9,11,13,15,17,20-25,39,42H,4-5,8,10,12,14,16,18-19H2,1-3,6H3,(H,41,43)/b13-7-,15-11-,28-9+,33-21+. The highest BCUT2D eigenvalue weighted by atomic mass is 19.3. The fraction of sp³-hybridized carbons (Fsp3) is 0.333. The predicted molar refractivity (Wildman–Crippen MR) is 178 cm³/mol. The third-order valence-electron chi connectivity index (χ3n) is 6.93. The van der Waals surface area contributed by atoms with Crippen molar-refractivity contribution < 1.29 is 8.78 Å². The molecule has 43 heavy (non-hydrogen) atoms. The van der Waals surface area contributed by atoms with Crippen molar-refractivity contribution >= 4 is 16.6 Å². The second-order valence-corrected chi connectivity index (χ2v) is 10.7. The maximum Gasteiger partial charge on any atom is 0.270 e. The van der Waals surface area contributed by atoms with Gasteiger partial charge in [-0.05, 0) is 101 Å². The SMILES string of the molecule is C=C(CC/C=C\C(=C/C)c1cnc2[nH]c(-c3ccnc(CCCNCCC)c3)cc2c1)NC(/C=C\C)=C/C(=C)C(C)(F)F. The molecular weight excluding hydrogens is 540 g/mol. The first-order valence-electron chi connectivity index (χ1n) is 15.0. The van der Waals surface area contributed by atoms with Crippen LogP contribution in [-0.4, -0.2) is 34.0 Å². The van der Waals surface area contributed by atoms with Crippen molar-refractivity contribution in [3.8, 4) is 11.3 Å². The molecule has 0 atom stereocenters. The quantitative estimate of drug-likeness (QED) is 0.109. The summed E-state index contributed by atoms with van der Waals surface area (Å²) in [7, 11) is 0. The number of H-pyrrole nitrogens is 1. The normalized spacial score (nSPS) is 13.0. The van der Waals surface area contributed by atoms with E-state index in [1.165, 1.54) is 6.08 Å². The number of nitrogens with zero attached hydrogens (tertiary/aromatic N) is 2. The van der Waals surface area contributed by atoms with Crippen molar-refractivity contribution in [2.45, 2.75) is 65.7 Å². The van der Waals surface area contributed by atoms with Crippen LogP contribution in [0, 0.1) is 0 Å². The number of pyridine rings is 2. The van der Waals surface area contributed by atoms with Crippen LogP contribution in [0.15, 0.2) is 103 Å². The van der Waals surface area contributed by atoms with E-state index in [0.29, 0.717) is 12.1 Å². The first-order chi connectivity index (χ1) is 20.6. The Morgan fingerprint density at radius 3 is 2.63 bits per heavy atom. The number of aromatic nitrogens is 3. The Labute approximate surface area is 255 Å². The zero-order chi connectivity index (χ0) is 31.2. The highest BCUT2D eigenvalue weighted by Crippen LogP contribution is 2.27. The molecule has 0 aliphatic rings. The van der Waals surface area contributed by atoms with Crippen LogP contribution in [0.1, 0.15) is 64.6 Å². The minimum atomic E-state index is -2.98. The lowest BCUT2D eigenvalue weighted by Gasteiger charge is -2.14. The summed E-state index contributed by atoms with van der Waals surface area (Å²) in [6.45, 7) is 16.5. The summed E-state index contributed by atoms with van der Waals surface area (Å²) in [4.78, 5) is 12.7. The van der Waals surface area contributed by atoms with Crippen LogP contribution in [0.5, 0.6) is 0 Å². The Morgan fingerprint density at radius 1 is 1.09 bits per heavy atom. The van der Waals surface area contributed by atoms with E-state index in [1.54, 1.807) is 12.2 Å². The van der Waals surface area contributed by atoms with Crippen LogP contribution in [0.3, 0.4) is 0 Å². The third-order valence-corrected chi connectivity index (χ3v) is 6.93. The molecule has 3 rings (SSSR count). The van der Waals surface area contributed by atoms with Crippen molar-refractivity contribution in [2.24, 2.45) is 0 Å². The monoisotopic (exact) mass is 585 g/mol. The lowest BCUT2D eigenvalue weighted by molar-refractivity contribution is 0.0679. The molecule has 228 valence electrons. The summed E-state index contributed by atoms with van der Waals surface area (Å²) >= 11 is 0. The second-order valence-electron chi connectivity index (χ2n) is 10.7. The van der Waals surface area contributed by atoms with Gasteiger partial charge in [0.25, 0.3) is 5.92 Å². The van der Waals surface area contributed by atoms with Crippen molar-refractivity contribution in [3.63, 3.8) is 0 Å². The van der Waals surface area contributed by atoms with E-state index in [2.05, 4.69) is 77.1 Å². The van der Waals surface area contributed by atoms with Gasteiger partial charge in [0.15, 0.2) is 0 Å². The average Bonchev–Trinajstić information content (AvgIpc) is 3.40. The second kappa shape index (κ2) is 16.5. The molecule has 3 aromatic heterocycles. The van der Waals surface area contributed by atoms with E-state index in [0.717, 1.165) is 90.5 Å². The van der Waals surface area contributed by atoms with Crippen LogP contribution in [0.2, 0.25) is 0 Å².